The van der Waals surface area contributed by atoms with Gasteiger partial charge in [0.2, 0.25) is 11.8 Å². The fourth-order valence-electron chi connectivity index (χ4n) is 6.62. The minimum Gasteiger partial charge on any atom is -0.497 e. The molecular weight excluding hydrogens is 735 g/mol. The van der Waals surface area contributed by atoms with Crippen molar-refractivity contribution in [2.24, 2.45) is 11.3 Å². The fourth-order valence-corrected chi connectivity index (χ4v) is 7.27. The molecule has 13 nitrogen and oxygen atoms in total. The van der Waals surface area contributed by atoms with Gasteiger partial charge in [0, 0.05) is 35.4 Å². The van der Waals surface area contributed by atoms with Crippen LogP contribution in [0.2, 0.25) is 0 Å². The van der Waals surface area contributed by atoms with Crippen LogP contribution in [0, 0.1) is 11.3 Å². The molecule has 14 heteroatoms. The number of carbonyl (C=O) groups is 4. The van der Waals surface area contributed by atoms with E-state index in [9.17, 15) is 23.4 Å². The van der Waals surface area contributed by atoms with Crippen molar-refractivity contribution in [1.29, 1.82) is 0 Å². The highest BCUT2D eigenvalue weighted by Crippen LogP contribution is 2.45. The number of nitrogens with one attached hydrogen (secondary N) is 3. The topological polar surface area (TPSA) is 165 Å². The first kappa shape index (κ1) is 42.2. The van der Waals surface area contributed by atoms with Gasteiger partial charge in [0.05, 0.1) is 29.6 Å². The zero-order valence-corrected chi connectivity index (χ0v) is 34.8. The number of alkyl carbamates (subject to hydrolysis) is 1. The van der Waals surface area contributed by atoms with Crippen LogP contribution in [-0.4, -0.2) is 85.6 Å². The molecule has 0 bridgehead atoms. The van der Waals surface area contributed by atoms with Gasteiger partial charge in [-0.3, -0.25) is 19.1 Å². The Bertz CT molecular complexity index is 2020. The van der Waals surface area contributed by atoms with Crippen LogP contribution in [0.3, 0.4) is 0 Å². The Labute approximate surface area is 331 Å². The summed E-state index contributed by atoms with van der Waals surface area (Å²) < 4.78 is 32.5. The molecule has 2 fully saturated rings. The molecule has 302 valence electrons. The molecule has 1 aliphatic heterocycles. The Morgan fingerprint density at radius 3 is 2.25 bits per heavy atom. The Kier molecular flexibility index (Phi) is 12.0. The molecule has 6 unspecified atom stereocenters. The predicted octanol–water partition coefficient (Wildman–Crippen LogP) is 5.84. The first-order valence-corrected chi connectivity index (χ1v) is 19.9. The quantitative estimate of drug-likeness (QED) is 0.203. The fraction of sp³-hybridized carbons (Fsp3) is 0.500. The number of amides is 4. The number of hydrogen-bond acceptors (Lipinski definition) is 9. The summed E-state index contributed by atoms with van der Waals surface area (Å²) in [7, 11) is -0.167. The van der Waals surface area contributed by atoms with Crippen molar-refractivity contribution in [2.45, 2.75) is 109 Å². The Morgan fingerprint density at radius 1 is 1.00 bits per heavy atom. The molecule has 2 heterocycles. The van der Waals surface area contributed by atoms with Crippen LogP contribution in [0.4, 0.5) is 4.79 Å². The van der Waals surface area contributed by atoms with E-state index in [1.807, 2.05) is 69.3 Å². The second kappa shape index (κ2) is 15.9. The highest BCUT2D eigenvalue weighted by molar-refractivity contribution is 7.85. The minimum atomic E-state index is -1.74. The van der Waals surface area contributed by atoms with E-state index in [0.717, 1.165) is 5.56 Å². The number of methoxy groups -OCH3 is 1. The summed E-state index contributed by atoms with van der Waals surface area (Å²) in [5, 5.41) is 6.36. The number of fused-ring (bicyclic) bond motifs is 1. The van der Waals surface area contributed by atoms with Crippen molar-refractivity contribution in [3.8, 4) is 22.8 Å². The van der Waals surface area contributed by atoms with E-state index < -0.39 is 80.2 Å². The van der Waals surface area contributed by atoms with E-state index in [-0.39, 0.29) is 19.4 Å². The third-order valence-electron chi connectivity index (χ3n) is 9.76. The van der Waals surface area contributed by atoms with E-state index >= 15 is 0 Å². The van der Waals surface area contributed by atoms with Crippen LogP contribution in [0.15, 0.2) is 67.3 Å². The zero-order chi connectivity index (χ0) is 41.4. The lowest BCUT2D eigenvalue weighted by atomic mass is 9.85. The van der Waals surface area contributed by atoms with Gasteiger partial charge in [0.25, 0.3) is 5.91 Å². The number of ether oxygens (including phenoxy) is 3. The Hall–Kier alpha value is -4.98. The molecule has 0 spiro atoms. The summed E-state index contributed by atoms with van der Waals surface area (Å²) in [6, 6.07) is 14.7. The predicted molar refractivity (Wildman–Crippen MR) is 216 cm³/mol. The second-order valence-corrected chi connectivity index (χ2v) is 19.5. The minimum absolute atomic E-state index is 0.0156. The van der Waals surface area contributed by atoms with E-state index in [1.165, 1.54) is 4.90 Å². The van der Waals surface area contributed by atoms with Gasteiger partial charge in [0.15, 0.2) is 0 Å². The normalized spacial score (nSPS) is 22.0. The van der Waals surface area contributed by atoms with Gasteiger partial charge in [-0.05, 0) is 65.5 Å². The molecule has 6 atom stereocenters. The maximum Gasteiger partial charge on any atom is 0.408 e. The van der Waals surface area contributed by atoms with Crippen molar-refractivity contribution in [3.63, 3.8) is 0 Å². The average molecular weight is 790 g/mol. The van der Waals surface area contributed by atoms with Crippen molar-refractivity contribution < 1.29 is 37.6 Å². The zero-order valence-electron chi connectivity index (χ0n) is 34.0. The van der Waals surface area contributed by atoms with E-state index in [2.05, 4.69) is 21.9 Å². The van der Waals surface area contributed by atoms with Crippen molar-refractivity contribution in [1.82, 2.24) is 25.2 Å². The number of pyridine rings is 1. The molecule has 3 N–H and O–H groups in total. The molecule has 2 aliphatic rings. The van der Waals surface area contributed by atoms with Gasteiger partial charge in [-0.25, -0.2) is 14.0 Å². The third kappa shape index (κ3) is 9.51. The standard InChI is InChI=1S/C42H55N5O8S/c1-12-26-23-42(26,37(50)46-56(52)41(8,9)10)45-35(48)32-21-28(24-47(32)36(49)34(39(2,3)4)44-38(51)55-40(5,6)7)54-33-22-30(25-16-14-13-15-17-25)43-31-20-27(53-11)18-19-29(31)33/h12-20,22,26,28,32,34H,1,21,23-24H2,2-11H3,(H,44,51)(H,45,48)(H,46,50). The van der Waals surface area contributed by atoms with Crippen molar-refractivity contribution in [2.75, 3.05) is 13.7 Å². The SMILES string of the molecule is C=CC1CC1(NC(=O)C1CC(Oc2cc(-c3ccccc3)nc3cc(OC)ccc23)CN1C(=O)C(NC(=O)OC(C)(C)C)C(C)(C)C)C(=O)NS(=O)C(C)(C)C. The molecule has 5 rings (SSSR count). The van der Waals surface area contributed by atoms with E-state index in [1.54, 1.807) is 60.8 Å². The van der Waals surface area contributed by atoms with Gasteiger partial charge in [0.1, 0.15) is 51.8 Å². The number of aromatic nitrogens is 1. The molecule has 1 saturated carbocycles. The Balaban J connectivity index is 1.52. The molecule has 4 amide bonds. The number of carbonyl (C=O) groups excluding carboxylic acids is 4. The largest absolute Gasteiger partial charge is 0.497 e. The summed E-state index contributed by atoms with van der Waals surface area (Å²) in [4.78, 5) is 62.2. The first-order valence-electron chi connectivity index (χ1n) is 18.7. The number of hydrogen-bond donors (Lipinski definition) is 3. The maximum absolute atomic E-state index is 14.7. The monoisotopic (exact) mass is 789 g/mol. The Morgan fingerprint density at radius 2 is 1.68 bits per heavy atom. The van der Waals surface area contributed by atoms with Crippen LogP contribution in [0.1, 0.15) is 75.2 Å². The summed E-state index contributed by atoms with van der Waals surface area (Å²) in [6.45, 7) is 19.6. The molecule has 0 radical (unpaired) electrons. The number of likely N-dealkylation sites (tertiary alicyclic amines) is 1. The lowest BCUT2D eigenvalue weighted by Crippen LogP contribution is -2.60. The van der Waals surface area contributed by atoms with Crippen LogP contribution in [-0.2, 0) is 30.1 Å². The van der Waals surface area contributed by atoms with Crippen molar-refractivity contribution >= 4 is 45.7 Å². The summed E-state index contributed by atoms with van der Waals surface area (Å²) in [5.74, 6) is -1.03. The smallest absolute Gasteiger partial charge is 0.408 e. The van der Waals surface area contributed by atoms with E-state index in [4.69, 9.17) is 19.2 Å². The van der Waals surface area contributed by atoms with E-state index in [0.29, 0.717) is 28.1 Å². The summed E-state index contributed by atoms with van der Waals surface area (Å²) >= 11 is 0. The summed E-state index contributed by atoms with van der Waals surface area (Å²) in [6.07, 6.45) is 0.417. The third-order valence-corrected chi connectivity index (χ3v) is 11.2. The maximum atomic E-state index is 14.7. The summed E-state index contributed by atoms with van der Waals surface area (Å²) in [5.41, 5.74) is -0.891. The van der Waals surface area contributed by atoms with Gasteiger partial charge < -0.3 is 29.7 Å². The van der Waals surface area contributed by atoms with Crippen LogP contribution in [0.5, 0.6) is 11.5 Å². The lowest BCUT2D eigenvalue weighted by Gasteiger charge is -2.36. The molecule has 1 saturated heterocycles. The van der Waals surface area contributed by atoms with Crippen LogP contribution >= 0.6 is 0 Å². The average Bonchev–Trinajstić information content (AvgIpc) is 3.67. The van der Waals surface area contributed by atoms with Gasteiger partial charge in [-0.2, -0.15) is 0 Å². The van der Waals surface area contributed by atoms with Gasteiger partial charge in [-0.1, -0.05) is 57.2 Å². The molecule has 1 aromatic heterocycles. The molecule has 1 aliphatic carbocycles. The number of benzene rings is 2. The highest BCUT2D eigenvalue weighted by atomic mass is 32.2. The van der Waals surface area contributed by atoms with Gasteiger partial charge >= 0.3 is 6.09 Å². The molecule has 56 heavy (non-hydrogen) atoms. The van der Waals surface area contributed by atoms with Gasteiger partial charge in [-0.15, -0.1) is 6.58 Å². The first-order chi connectivity index (χ1) is 26.1. The molecule has 2 aromatic carbocycles. The number of rotatable bonds is 11. The lowest BCUT2D eigenvalue weighted by molar-refractivity contribution is -0.143. The highest BCUT2D eigenvalue weighted by Gasteiger charge is 2.61. The number of nitrogens with zero attached hydrogens (tertiary/aromatic N) is 2. The second-order valence-electron chi connectivity index (χ2n) is 17.5. The van der Waals surface area contributed by atoms with Crippen molar-refractivity contribution in [3.05, 3.63) is 67.3 Å². The van der Waals surface area contributed by atoms with Crippen LogP contribution < -0.4 is 24.8 Å². The molecule has 3 aromatic rings. The van der Waals surface area contributed by atoms with Crippen LogP contribution in [0.25, 0.3) is 22.2 Å². The molecular formula is C42H55N5O8S.